The van der Waals surface area contributed by atoms with Crippen molar-refractivity contribution in [3.63, 3.8) is 0 Å². The Balaban J connectivity index is 1.97. The van der Waals surface area contributed by atoms with E-state index in [1.54, 1.807) is 0 Å². The molecule has 0 bridgehead atoms. The molecule has 146 valence electrons. The number of thiol groups is 3. The monoisotopic (exact) mass is 449 g/mol. The van der Waals surface area contributed by atoms with Crippen molar-refractivity contribution in [2.24, 2.45) is 0 Å². The van der Waals surface area contributed by atoms with E-state index in [1.807, 2.05) is 36.4 Å². The maximum absolute atomic E-state index is 5.46. The quantitative estimate of drug-likeness (QED) is 0.226. The Morgan fingerprint density at radius 2 is 0.714 bits per heavy atom. The van der Waals surface area contributed by atoms with Gasteiger partial charge in [-0.2, -0.15) is 0 Å². The van der Waals surface area contributed by atoms with Crippen molar-refractivity contribution in [1.82, 2.24) is 0 Å². The SMILES string of the molecule is SCOc1ccc([S+](c2ccc(OCS)cc2)c2ccc(OCS)cc2)cc1. The first-order valence-corrected chi connectivity index (χ1v) is 11.6. The molecule has 0 atom stereocenters. The van der Waals surface area contributed by atoms with Gasteiger partial charge in [-0.1, -0.05) is 0 Å². The summed E-state index contributed by atoms with van der Waals surface area (Å²) in [4.78, 5) is 3.58. The van der Waals surface area contributed by atoms with Gasteiger partial charge >= 0.3 is 0 Å². The Morgan fingerprint density at radius 1 is 0.464 bits per heavy atom. The van der Waals surface area contributed by atoms with Gasteiger partial charge in [0.05, 0.1) is 10.9 Å². The summed E-state index contributed by atoms with van der Waals surface area (Å²) in [6.45, 7) is 0. The lowest BCUT2D eigenvalue weighted by Gasteiger charge is -2.10. The second-order valence-electron chi connectivity index (χ2n) is 5.54. The first-order chi connectivity index (χ1) is 13.7. The number of rotatable bonds is 9. The molecule has 0 radical (unpaired) electrons. The highest BCUT2D eigenvalue weighted by Crippen LogP contribution is 2.34. The highest BCUT2D eigenvalue weighted by atomic mass is 32.2. The summed E-state index contributed by atoms with van der Waals surface area (Å²) >= 11 is 12.3. The van der Waals surface area contributed by atoms with E-state index in [2.05, 4.69) is 74.3 Å². The van der Waals surface area contributed by atoms with E-state index >= 15 is 0 Å². The van der Waals surface area contributed by atoms with Crippen LogP contribution < -0.4 is 14.2 Å². The largest absolute Gasteiger partial charge is 0.483 e. The van der Waals surface area contributed by atoms with Crippen LogP contribution in [0.4, 0.5) is 0 Å². The normalized spacial score (nSPS) is 10.7. The molecule has 0 aliphatic rings. The summed E-state index contributed by atoms with van der Waals surface area (Å²) < 4.78 is 16.4. The first-order valence-electron chi connectivity index (χ1n) is 8.50. The molecular weight excluding hydrogens is 428 g/mol. The Bertz CT molecular complexity index is 735. The molecule has 0 saturated carbocycles. The Hall–Kier alpha value is -1.54. The zero-order chi connectivity index (χ0) is 19.8. The molecule has 28 heavy (non-hydrogen) atoms. The van der Waals surface area contributed by atoms with Crippen LogP contribution in [0.15, 0.2) is 87.5 Å². The highest BCUT2D eigenvalue weighted by Gasteiger charge is 2.29. The summed E-state index contributed by atoms with van der Waals surface area (Å²) in [6, 6.07) is 24.4. The van der Waals surface area contributed by atoms with Gasteiger partial charge in [0.15, 0.2) is 14.7 Å². The molecule has 3 nitrogen and oxygen atoms in total. The van der Waals surface area contributed by atoms with Crippen molar-refractivity contribution in [2.75, 3.05) is 17.8 Å². The third kappa shape index (κ3) is 5.50. The van der Waals surface area contributed by atoms with E-state index in [-0.39, 0.29) is 10.9 Å². The van der Waals surface area contributed by atoms with Gasteiger partial charge in [-0.05, 0) is 72.8 Å². The molecule has 3 aromatic carbocycles. The molecule has 0 spiro atoms. The standard InChI is InChI=1S/C21H20O3S4/c25-13-22-16-1-7-19(8-2-16)28(20-9-3-17(4-10-20)23-14-26)21-11-5-18(6-12-21)24-15-27/h1-12H,13-15H2,(H2-,25,26,27)/p+1. The van der Waals surface area contributed by atoms with Crippen LogP contribution in [-0.4, -0.2) is 17.8 Å². The zero-order valence-corrected chi connectivity index (χ0v) is 18.5. The number of ether oxygens (including phenoxy) is 3. The maximum Gasteiger partial charge on any atom is 0.166 e. The molecule has 0 N–H and O–H groups in total. The lowest BCUT2D eigenvalue weighted by Crippen LogP contribution is -2.05. The van der Waals surface area contributed by atoms with Gasteiger partial charge in [0, 0.05) is 0 Å². The van der Waals surface area contributed by atoms with Gasteiger partial charge in [0.1, 0.15) is 35.1 Å². The van der Waals surface area contributed by atoms with Crippen LogP contribution in [0, 0.1) is 0 Å². The van der Waals surface area contributed by atoms with E-state index in [0.29, 0.717) is 17.8 Å². The fraction of sp³-hybridized carbons (Fsp3) is 0.143. The van der Waals surface area contributed by atoms with Crippen molar-refractivity contribution in [3.8, 4) is 17.2 Å². The van der Waals surface area contributed by atoms with Crippen LogP contribution >= 0.6 is 37.9 Å². The predicted molar refractivity (Wildman–Crippen MR) is 125 cm³/mol. The molecule has 7 heteroatoms. The molecule has 0 fully saturated rings. The molecule has 3 rings (SSSR count). The number of hydrogen-bond acceptors (Lipinski definition) is 6. The van der Waals surface area contributed by atoms with E-state index in [1.165, 1.54) is 14.7 Å². The van der Waals surface area contributed by atoms with Gasteiger partial charge in [-0.25, -0.2) is 0 Å². The van der Waals surface area contributed by atoms with Crippen molar-refractivity contribution in [2.45, 2.75) is 14.7 Å². The van der Waals surface area contributed by atoms with Crippen LogP contribution in [-0.2, 0) is 10.9 Å². The van der Waals surface area contributed by atoms with E-state index in [9.17, 15) is 0 Å². The van der Waals surface area contributed by atoms with Crippen LogP contribution in [0.2, 0.25) is 0 Å². The molecule has 0 heterocycles. The summed E-state index contributed by atoms with van der Waals surface area (Å²) in [5.41, 5.74) is 0. The van der Waals surface area contributed by atoms with E-state index in [4.69, 9.17) is 14.2 Å². The zero-order valence-electron chi connectivity index (χ0n) is 15.0. The summed E-state index contributed by atoms with van der Waals surface area (Å²) in [5.74, 6) is 3.46. The third-order valence-electron chi connectivity index (χ3n) is 3.87. The van der Waals surface area contributed by atoms with Crippen molar-refractivity contribution < 1.29 is 14.2 Å². The van der Waals surface area contributed by atoms with Crippen molar-refractivity contribution in [1.29, 1.82) is 0 Å². The average molecular weight is 450 g/mol. The smallest absolute Gasteiger partial charge is 0.166 e. The molecule has 0 saturated heterocycles. The average Bonchev–Trinajstić information content (AvgIpc) is 2.73. The van der Waals surface area contributed by atoms with Crippen molar-refractivity contribution >= 4 is 48.8 Å². The third-order valence-corrected chi connectivity index (χ3v) is 6.49. The van der Waals surface area contributed by atoms with Crippen LogP contribution in [0.5, 0.6) is 17.2 Å². The molecule has 0 amide bonds. The van der Waals surface area contributed by atoms with E-state index < -0.39 is 0 Å². The van der Waals surface area contributed by atoms with Gasteiger partial charge in [-0.15, -0.1) is 37.9 Å². The van der Waals surface area contributed by atoms with Gasteiger partial charge in [-0.3, -0.25) is 0 Å². The van der Waals surface area contributed by atoms with Crippen LogP contribution in [0.3, 0.4) is 0 Å². The van der Waals surface area contributed by atoms with Crippen LogP contribution in [0.25, 0.3) is 0 Å². The minimum absolute atomic E-state index is 0.275. The first kappa shape index (κ1) is 21.2. The van der Waals surface area contributed by atoms with E-state index in [0.717, 1.165) is 17.2 Å². The summed E-state index contributed by atoms with van der Waals surface area (Å²) in [5, 5.41) is 0. The minimum atomic E-state index is -0.275. The lowest BCUT2D eigenvalue weighted by atomic mass is 10.3. The highest BCUT2D eigenvalue weighted by molar-refractivity contribution is 7.97. The molecule has 0 unspecified atom stereocenters. The molecular formula is C21H21O3S4+. The summed E-state index contributed by atoms with van der Waals surface area (Å²) in [7, 11) is -0.275. The number of hydrogen-bond donors (Lipinski definition) is 3. The topological polar surface area (TPSA) is 27.7 Å². The van der Waals surface area contributed by atoms with Gasteiger partial charge in [0.25, 0.3) is 0 Å². The molecule has 0 aromatic heterocycles. The fourth-order valence-corrected chi connectivity index (χ4v) is 5.14. The second-order valence-corrected chi connectivity index (χ2v) is 8.34. The Labute approximate surface area is 185 Å². The van der Waals surface area contributed by atoms with Crippen molar-refractivity contribution in [3.05, 3.63) is 72.8 Å². The predicted octanol–water partition coefficient (Wildman–Crippen LogP) is 5.58. The second kappa shape index (κ2) is 10.9. The molecule has 0 aliphatic heterocycles. The Kier molecular flexibility index (Phi) is 8.21. The lowest BCUT2D eigenvalue weighted by molar-refractivity contribution is 0.394. The van der Waals surface area contributed by atoms with Gasteiger partial charge in [0.2, 0.25) is 0 Å². The Morgan fingerprint density at radius 3 is 0.929 bits per heavy atom. The molecule has 3 aromatic rings. The maximum atomic E-state index is 5.46. The molecule has 0 aliphatic carbocycles. The fourth-order valence-electron chi connectivity index (χ4n) is 2.65. The van der Waals surface area contributed by atoms with Gasteiger partial charge < -0.3 is 14.2 Å². The number of benzene rings is 3. The minimum Gasteiger partial charge on any atom is -0.483 e. The summed E-state index contributed by atoms with van der Waals surface area (Å²) in [6.07, 6.45) is 0. The van der Waals surface area contributed by atoms with Crippen LogP contribution in [0.1, 0.15) is 0 Å².